The fourth-order valence-electron chi connectivity index (χ4n) is 2.98. The maximum Gasteiger partial charge on any atom is 0.222 e. The minimum atomic E-state index is -0.409. The Hall–Kier alpha value is -1.59. The Labute approximate surface area is 125 Å². The zero-order chi connectivity index (χ0) is 14.7. The summed E-state index contributed by atoms with van der Waals surface area (Å²) in [5, 5.41) is 0. The number of nitrogens with zero attached hydrogens (tertiary/aromatic N) is 1. The number of aryl methyl sites for hydroxylation is 1. The maximum atomic E-state index is 12.3. The number of piperidine rings is 1. The van der Waals surface area contributed by atoms with Gasteiger partial charge in [0.2, 0.25) is 5.91 Å². The number of amides is 1. The molecule has 5 nitrogen and oxygen atoms in total. The highest BCUT2D eigenvalue weighted by molar-refractivity contribution is 5.76. The van der Waals surface area contributed by atoms with E-state index in [-0.39, 0.29) is 5.91 Å². The third-order valence-electron chi connectivity index (χ3n) is 4.30. The lowest BCUT2D eigenvalue weighted by Gasteiger charge is -2.37. The molecule has 1 amide bonds. The van der Waals surface area contributed by atoms with Crippen LogP contribution in [0.15, 0.2) is 24.3 Å². The van der Waals surface area contributed by atoms with Crippen LogP contribution >= 0.6 is 0 Å². The van der Waals surface area contributed by atoms with E-state index in [2.05, 4.69) is 0 Å². The molecule has 0 atom stereocenters. The molecule has 2 aliphatic heterocycles. The Morgan fingerprint density at radius 1 is 1.14 bits per heavy atom. The number of rotatable bonds is 3. The molecule has 0 radical (unpaired) electrons. The number of benzene rings is 1. The number of nitrogen functional groups attached to an aromatic ring is 1. The lowest BCUT2D eigenvalue weighted by molar-refractivity contribution is -0.187. The van der Waals surface area contributed by atoms with Gasteiger partial charge in [-0.15, -0.1) is 0 Å². The second-order valence-corrected chi connectivity index (χ2v) is 5.73. The molecule has 2 aliphatic rings. The van der Waals surface area contributed by atoms with Gasteiger partial charge < -0.3 is 20.1 Å². The molecule has 2 heterocycles. The van der Waals surface area contributed by atoms with Crippen LogP contribution in [0, 0.1) is 0 Å². The fourth-order valence-corrected chi connectivity index (χ4v) is 2.98. The second-order valence-electron chi connectivity index (χ2n) is 5.73. The summed E-state index contributed by atoms with van der Waals surface area (Å²) in [5.74, 6) is -0.201. The van der Waals surface area contributed by atoms with Crippen LogP contribution < -0.4 is 5.73 Å². The van der Waals surface area contributed by atoms with Gasteiger partial charge >= 0.3 is 0 Å². The molecule has 0 aromatic heterocycles. The number of hydrogen-bond acceptors (Lipinski definition) is 4. The zero-order valence-corrected chi connectivity index (χ0v) is 12.2. The van der Waals surface area contributed by atoms with Crippen LogP contribution in [0.1, 0.15) is 24.8 Å². The molecule has 0 unspecified atom stereocenters. The fraction of sp³-hybridized carbons (Fsp3) is 0.562. The summed E-state index contributed by atoms with van der Waals surface area (Å²) in [4.78, 5) is 14.2. The van der Waals surface area contributed by atoms with Crippen molar-refractivity contribution in [3.8, 4) is 0 Å². The second kappa shape index (κ2) is 6.03. The SMILES string of the molecule is Nc1ccc(CCC(=O)N2CCC3(CC2)OCCO3)cc1. The van der Waals surface area contributed by atoms with E-state index in [1.54, 1.807) is 0 Å². The van der Waals surface area contributed by atoms with Gasteiger partial charge in [0.1, 0.15) is 0 Å². The summed E-state index contributed by atoms with van der Waals surface area (Å²) in [7, 11) is 0. The molecule has 2 fully saturated rings. The van der Waals surface area contributed by atoms with E-state index in [4.69, 9.17) is 15.2 Å². The van der Waals surface area contributed by atoms with Crippen LogP contribution in [0.3, 0.4) is 0 Å². The smallest absolute Gasteiger partial charge is 0.222 e. The molecule has 0 saturated carbocycles. The van der Waals surface area contributed by atoms with Crippen LogP contribution in [-0.4, -0.2) is 42.9 Å². The Kier molecular flexibility index (Phi) is 4.12. The summed E-state index contributed by atoms with van der Waals surface area (Å²) < 4.78 is 11.4. The first-order valence-corrected chi connectivity index (χ1v) is 7.57. The number of nitrogens with two attached hydrogens (primary N) is 1. The lowest BCUT2D eigenvalue weighted by atomic mass is 10.0. The summed E-state index contributed by atoms with van der Waals surface area (Å²) in [6.07, 6.45) is 2.85. The van der Waals surface area contributed by atoms with Gasteiger partial charge in [0, 0.05) is 38.0 Å². The normalized spacial score (nSPS) is 20.9. The summed E-state index contributed by atoms with van der Waals surface area (Å²) >= 11 is 0. The van der Waals surface area contributed by atoms with Gasteiger partial charge in [-0.25, -0.2) is 0 Å². The highest BCUT2D eigenvalue weighted by Crippen LogP contribution is 2.31. The minimum Gasteiger partial charge on any atom is -0.399 e. The first-order valence-electron chi connectivity index (χ1n) is 7.57. The van der Waals surface area contributed by atoms with Gasteiger partial charge in [-0.05, 0) is 24.1 Å². The average Bonchev–Trinajstić information content (AvgIpc) is 2.95. The van der Waals surface area contributed by atoms with E-state index in [9.17, 15) is 4.79 Å². The summed E-state index contributed by atoms with van der Waals surface area (Å²) in [6, 6.07) is 7.71. The zero-order valence-electron chi connectivity index (χ0n) is 12.2. The highest BCUT2D eigenvalue weighted by Gasteiger charge is 2.40. The number of hydrogen-bond donors (Lipinski definition) is 1. The van der Waals surface area contributed by atoms with Gasteiger partial charge in [-0.3, -0.25) is 4.79 Å². The number of anilines is 1. The molecule has 2 saturated heterocycles. The van der Waals surface area contributed by atoms with Crippen LogP contribution in [-0.2, 0) is 20.7 Å². The number of ether oxygens (including phenoxy) is 2. The standard InChI is InChI=1S/C16H22N2O3/c17-14-4-1-13(2-5-14)3-6-15(19)18-9-7-16(8-10-18)20-11-12-21-16/h1-2,4-5H,3,6-12,17H2. The predicted molar refractivity (Wildman–Crippen MR) is 79.6 cm³/mol. The lowest BCUT2D eigenvalue weighted by Crippen LogP contribution is -2.47. The Balaban J connectivity index is 1.47. The average molecular weight is 290 g/mol. The van der Waals surface area contributed by atoms with E-state index < -0.39 is 5.79 Å². The topological polar surface area (TPSA) is 64.8 Å². The largest absolute Gasteiger partial charge is 0.399 e. The van der Waals surface area contributed by atoms with Gasteiger partial charge in [-0.1, -0.05) is 12.1 Å². The minimum absolute atomic E-state index is 0.208. The molecule has 2 N–H and O–H groups in total. The van der Waals surface area contributed by atoms with Crippen molar-refractivity contribution in [3.05, 3.63) is 29.8 Å². The van der Waals surface area contributed by atoms with Crippen molar-refractivity contribution in [3.63, 3.8) is 0 Å². The van der Waals surface area contributed by atoms with Crippen LogP contribution in [0.25, 0.3) is 0 Å². The van der Waals surface area contributed by atoms with Crippen molar-refractivity contribution in [2.45, 2.75) is 31.5 Å². The Bertz CT molecular complexity index is 485. The van der Waals surface area contributed by atoms with Crippen LogP contribution in [0.4, 0.5) is 5.69 Å². The number of carbonyl (C=O) groups is 1. The molecule has 1 aromatic carbocycles. The van der Waals surface area contributed by atoms with Crippen molar-refractivity contribution in [1.29, 1.82) is 0 Å². The summed E-state index contributed by atoms with van der Waals surface area (Å²) in [5.41, 5.74) is 7.56. The van der Waals surface area contributed by atoms with E-state index in [0.29, 0.717) is 19.6 Å². The molecular weight excluding hydrogens is 268 g/mol. The molecule has 1 spiro atoms. The number of carbonyl (C=O) groups excluding carboxylic acids is 1. The third-order valence-corrected chi connectivity index (χ3v) is 4.30. The highest BCUT2D eigenvalue weighted by atomic mass is 16.7. The van der Waals surface area contributed by atoms with E-state index >= 15 is 0 Å². The Morgan fingerprint density at radius 2 is 1.76 bits per heavy atom. The molecule has 1 aromatic rings. The van der Waals surface area contributed by atoms with Crippen LogP contribution in [0.5, 0.6) is 0 Å². The predicted octanol–water partition coefficient (Wildman–Crippen LogP) is 1.57. The molecule has 3 rings (SSSR count). The Morgan fingerprint density at radius 3 is 2.38 bits per heavy atom. The molecule has 5 heteroatoms. The quantitative estimate of drug-likeness (QED) is 0.858. The van der Waals surface area contributed by atoms with E-state index in [1.807, 2.05) is 29.2 Å². The van der Waals surface area contributed by atoms with Gasteiger partial charge in [0.05, 0.1) is 13.2 Å². The van der Waals surface area contributed by atoms with Gasteiger partial charge in [0.25, 0.3) is 0 Å². The molecule has 0 bridgehead atoms. The molecule has 21 heavy (non-hydrogen) atoms. The van der Waals surface area contributed by atoms with E-state index in [0.717, 1.165) is 43.6 Å². The van der Waals surface area contributed by atoms with Crippen molar-refractivity contribution in [1.82, 2.24) is 4.90 Å². The van der Waals surface area contributed by atoms with Crippen LogP contribution in [0.2, 0.25) is 0 Å². The summed E-state index contributed by atoms with van der Waals surface area (Å²) in [6.45, 7) is 2.79. The van der Waals surface area contributed by atoms with Crippen molar-refractivity contribution < 1.29 is 14.3 Å². The molecule has 0 aliphatic carbocycles. The van der Waals surface area contributed by atoms with Gasteiger partial charge in [0.15, 0.2) is 5.79 Å². The third kappa shape index (κ3) is 3.36. The molecule has 114 valence electrons. The van der Waals surface area contributed by atoms with E-state index in [1.165, 1.54) is 0 Å². The van der Waals surface area contributed by atoms with Crippen molar-refractivity contribution >= 4 is 11.6 Å². The maximum absolute atomic E-state index is 12.3. The van der Waals surface area contributed by atoms with Crippen molar-refractivity contribution in [2.75, 3.05) is 32.0 Å². The first-order chi connectivity index (χ1) is 10.2. The van der Waals surface area contributed by atoms with Gasteiger partial charge in [-0.2, -0.15) is 0 Å². The first kappa shape index (κ1) is 14.4. The molecular formula is C16H22N2O3. The monoisotopic (exact) mass is 290 g/mol. The number of likely N-dealkylation sites (tertiary alicyclic amines) is 1. The van der Waals surface area contributed by atoms with Crippen molar-refractivity contribution in [2.24, 2.45) is 0 Å².